The van der Waals surface area contributed by atoms with E-state index < -0.39 is 24.0 Å². The van der Waals surface area contributed by atoms with Crippen LogP contribution in [0.4, 0.5) is 9.18 Å². The summed E-state index contributed by atoms with van der Waals surface area (Å²) in [6.07, 6.45) is 2.81. The van der Waals surface area contributed by atoms with Crippen LogP contribution < -0.4 is 10.6 Å². The minimum Gasteiger partial charge on any atom is -0.463 e. The highest BCUT2D eigenvalue weighted by molar-refractivity contribution is 5.95. The predicted octanol–water partition coefficient (Wildman–Crippen LogP) is 2.70. The maximum atomic E-state index is 13.2. The van der Waals surface area contributed by atoms with Crippen molar-refractivity contribution in [1.29, 1.82) is 0 Å². The normalized spacial score (nSPS) is 15.9. The quantitative estimate of drug-likeness (QED) is 0.490. The Balaban J connectivity index is 1.73. The van der Waals surface area contributed by atoms with E-state index in [2.05, 4.69) is 15.7 Å². The van der Waals surface area contributed by atoms with Gasteiger partial charge < -0.3 is 20.1 Å². The van der Waals surface area contributed by atoms with E-state index in [-0.39, 0.29) is 30.3 Å². The van der Waals surface area contributed by atoms with Gasteiger partial charge in [-0.2, -0.15) is 5.10 Å². The summed E-state index contributed by atoms with van der Waals surface area (Å²) >= 11 is 0. The van der Waals surface area contributed by atoms with Crippen molar-refractivity contribution in [2.75, 3.05) is 13.2 Å². The lowest BCUT2D eigenvalue weighted by molar-refractivity contribution is -0.140. The number of halogens is 1. The highest BCUT2D eigenvalue weighted by Gasteiger charge is 2.30. The standard InChI is InChI=1S/C23H25FN4O5/c1-5-32-22(30)21-14(3)25-23(31)26-19(21)12-33-20(29)11-10-18-13(2)27-28(15(18)4)17-8-6-16(24)7-9-17/h6-11,14H,5,12H2,1-4H3,(H2,25,26,31)/b11-10+. The summed E-state index contributed by atoms with van der Waals surface area (Å²) in [6.45, 7) is 6.80. The predicted molar refractivity (Wildman–Crippen MR) is 118 cm³/mol. The fraction of sp³-hybridized carbons (Fsp3) is 0.304. The van der Waals surface area contributed by atoms with Crippen LogP contribution in [0.25, 0.3) is 11.8 Å². The van der Waals surface area contributed by atoms with Crippen LogP contribution >= 0.6 is 0 Å². The zero-order chi connectivity index (χ0) is 24.1. The second kappa shape index (κ2) is 10.1. The number of ether oxygens (including phenoxy) is 2. The summed E-state index contributed by atoms with van der Waals surface area (Å²) in [6, 6.07) is 4.82. The van der Waals surface area contributed by atoms with E-state index in [4.69, 9.17) is 9.47 Å². The van der Waals surface area contributed by atoms with Crippen molar-refractivity contribution in [1.82, 2.24) is 20.4 Å². The molecule has 0 fully saturated rings. The largest absolute Gasteiger partial charge is 0.463 e. The van der Waals surface area contributed by atoms with Gasteiger partial charge in [-0.25, -0.2) is 23.5 Å². The summed E-state index contributed by atoms with van der Waals surface area (Å²) in [4.78, 5) is 36.3. The van der Waals surface area contributed by atoms with Gasteiger partial charge in [-0.15, -0.1) is 0 Å². The molecule has 1 aromatic carbocycles. The van der Waals surface area contributed by atoms with Crippen LogP contribution in [0.3, 0.4) is 0 Å². The number of amides is 2. The van der Waals surface area contributed by atoms with Gasteiger partial charge >= 0.3 is 18.0 Å². The highest BCUT2D eigenvalue weighted by atomic mass is 19.1. The number of rotatable bonds is 7. The van der Waals surface area contributed by atoms with E-state index >= 15 is 0 Å². The summed E-state index contributed by atoms with van der Waals surface area (Å²) in [5.74, 6) is -1.61. The van der Waals surface area contributed by atoms with E-state index in [1.165, 1.54) is 18.2 Å². The topological polar surface area (TPSA) is 112 Å². The van der Waals surface area contributed by atoms with Crippen molar-refractivity contribution >= 4 is 24.0 Å². The Kier molecular flexibility index (Phi) is 7.27. The number of aromatic nitrogens is 2. The third kappa shape index (κ3) is 5.46. The number of benzene rings is 1. The molecule has 9 nitrogen and oxygen atoms in total. The molecule has 33 heavy (non-hydrogen) atoms. The second-order valence-electron chi connectivity index (χ2n) is 7.35. The molecule has 2 aromatic rings. The Morgan fingerprint density at radius 1 is 1.21 bits per heavy atom. The highest BCUT2D eigenvalue weighted by Crippen LogP contribution is 2.20. The lowest BCUT2D eigenvalue weighted by Gasteiger charge is -2.26. The fourth-order valence-electron chi connectivity index (χ4n) is 3.47. The third-order valence-corrected chi connectivity index (χ3v) is 5.03. The van der Waals surface area contributed by atoms with Gasteiger partial charge in [-0.3, -0.25) is 0 Å². The molecule has 0 bridgehead atoms. The number of esters is 2. The molecule has 0 radical (unpaired) electrons. The molecule has 2 N–H and O–H groups in total. The smallest absolute Gasteiger partial charge is 0.338 e. The van der Waals surface area contributed by atoms with Gasteiger partial charge in [0.15, 0.2) is 0 Å². The minimum absolute atomic E-state index is 0.169. The number of nitrogens with one attached hydrogen (secondary N) is 2. The first-order valence-corrected chi connectivity index (χ1v) is 10.4. The molecule has 0 aliphatic carbocycles. The number of aryl methyl sites for hydroxylation is 1. The second-order valence-corrected chi connectivity index (χ2v) is 7.35. The van der Waals surface area contributed by atoms with Crippen LogP contribution in [0, 0.1) is 19.7 Å². The Labute approximate surface area is 190 Å². The zero-order valence-corrected chi connectivity index (χ0v) is 18.8. The van der Waals surface area contributed by atoms with Gasteiger partial charge in [-0.1, -0.05) is 0 Å². The van der Waals surface area contributed by atoms with Crippen molar-refractivity contribution in [2.24, 2.45) is 0 Å². The lowest BCUT2D eigenvalue weighted by Crippen LogP contribution is -2.50. The summed E-state index contributed by atoms with van der Waals surface area (Å²) in [5.41, 5.74) is 3.20. The Morgan fingerprint density at radius 2 is 1.91 bits per heavy atom. The Morgan fingerprint density at radius 3 is 2.58 bits per heavy atom. The zero-order valence-electron chi connectivity index (χ0n) is 18.8. The molecule has 1 aliphatic rings. The van der Waals surface area contributed by atoms with E-state index in [0.717, 1.165) is 5.69 Å². The van der Waals surface area contributed by atoms with Crippen LogP contribution in [0.1, 0.15) is 30.8 Å². The van der Waals surface area contributed by atoms with Gasteiger partial charge in [0.1, 0.15) is 12.4 Å². The van der Waals surface area contributed by atoms with E-state index in [1.54, 1.807) is 43.7 Å². The van der Waals surface area contributed by atoms with Gasteiger partial charge in [-0.05, 0) is 58.0 Å². The molecule has 1 aliphatic heterocycles. The van der Waals surface area contributed by atoms with E-state index in [0.29, 0.717) is 16.9 Å². The fourth-order valence-corrected chi connectivity index (χ4v) is 3.47. The van der Waals surface area contributed by atoms with Gasteiger partial charge in [0.25, 0.3) is 0 Å². The van der Waals surface area contributed by atoms with E-state index in [1.807, 2.05) is 6.92 Å². The van der Waals surface area contributed by atoms with Crippen molar-refractivity contribution in [2.45, 2.75) is 33.7 Å². The molecule has 0 saturated heterocycles. The molecule has 1 unspecified atom stereocenters. The summed E-state index contributed by atoms with van der Waals surface area (Å²) in [7, 11) is 0. The van der Waals surface area contributed by atoms with Gasteiger partial charge in [0.05, 0.1) is 35.3 Å². The maximum Gasteiger partial charge on any atom is 0.338 e. The molecule has 2 heterocycles. The van der Waals surface area contributed by atoms with Crippen LogP contribution in [0.5, 0.6) is 0 Å². The van der Waals surface area contributed by atoms with Crippen molar-refractivity contribution in [3.05, 3.63) is 64.4 Å². The van der Waals surface area contributed by atoms with Crippen LogP contribution in [0.2, 0.25) is 0 Å². The molecule has 3 rings (SSSR count). The van der Waals surface area contributed by atoms with Crippen molar-refractivity contribution in [3.8, 4) is 5.69 Å². The molecule has 2 amide bonds. The number of urea groups is 1. The SMILES string of the molecule is CCOC(=O)C1=C(COC(=O)/C=C/c2c(C)nn(-c3ccc(F)cc3)c2C)NC(=O)NC1C. The van der Waals surface area contributed by atoms with Crippen LogP contribution in [-0.2, 0) is 19.1 Å². The first-order chi connectivity index (χ1) is 15.7. The first-order valence-electron chi connectivity index (χ1n) is 10.4. The lowest BCUT2D eigenvalue weighted by atomic mass is 10.0. The van der Waals surface area contributed by atoms with Crippen molar-refractivity contribution in [3.63, 3.8) is 0 Å². The number of hydrogen-bond acceptors (Lipinski definition) is 6. The third-order valence-electron chi connectivity index (χ3n) is 5.03. The number of nitrogens with zero attached hydrogens (tertiary/aromatic N) is 2. The Hall–Kier alpha value is -3.95. The van der Waals surface area contributed by atoms with E-state index in [9.17, 15) is 18.8 Å². The molecule has 174 valence electrons. The van der Waals surface area contributed by atoms with Gasteiger partial charge in [0, 0.05) is 17.3 Å². The number of carbonyl (C=O) groups excluding carboxylic acids is 3. The summed E-state index contributed by atoms with van der Waals surface area (Å²) in [5, 5.41) is 9.52. The average Bonchev–Trinajstić information content (AvgIpc) is 3.04. The summed E-state index contributed by atoms with van der Waals surface area (Å²) < 4.78 is 25.1. The Bertz CT molecular complexity index is 1130. The van der Waals surface area contributed by atoms with Crippen LogP contribution in [-0.4, -0.2) is 47.0 Å². The average molecular weight is 456 g/mol. The minimum atomic E-state index is -0.667. The first kappa shape index (κ1) is 23.7. The molecule has 1 atom stereocenters. The maximum absolute atomic E-state index is 13.2. The number of carbonyl (C=O) groups is 3. The van der Waals surface area contributed by atoms with Gasteiger partial charge in [0.2, 0.25) is 0 Å². The molecular weight excluding hydrogens is 431 g/mol. The molecule has 10 heteroatoms. The molecule has 1 aromatic heterocycles. The van der Waals surface area contributed by atoms with Crippen LogP contribution in [0.15, 0.2) is 41.6 Å². The molecule has 0 spiro atoms. The number of hydrogen-bond donors (Lipinski definition) is 2. The molecule has 0 saturated carbocycles. The monoisotopic (exact) mass is 456 g/mol. The molecular formula is C23H25FN4O5. The van der Waals surface area contributed by atoms with Crippen molar-refractivity contribution < 1.29 is 28.2 Å².